The molecule has 3 aromatic carbocycles. The first-order valence-electron chi connectivity index (χ1n) is 14.1. The number of benzene rings is 3. The summed E-state index contributed by atoms with van der Waals surface area (Å²) < 4.78 is 30.8. The lowest BCUT2D eigenvalue weighted by atomic mass is 10.1. The number of amides is 1. The topological polar surface area (TPSA) is 96.5 Å². The van der Waals surface area contributed by atoms with E-state index in [0.29, 0.717) is 40.9 Å². The molecule has 9 nitrogen and oxygen atoms in total. The first kappa shape index (κ1) is 30.0. The molecule has 2 aromatic heterocycles. The fourth-order valence-electron chi connectivity index (χ4n) is 4.79. The molecule has 9 heteroatoms. The summed E-state index contributed by atoms with van der Waals surface area (Å²) in [5, 5.41) is 4.08. The molecule has 0 aliphatic carbocycles. The van der Waals surface area contributed by atoms with Crippen LogP contribution in [0.3, 0.4) is 0 Å². The lowest BCUT2D eigenvalue weighted by Crippen LogP contribution is -2.16. The molecule has 44 heavy (non-hydrogen) atoms. The quantitative estimate of drug-likeness (QED) is 0.124. The van der Waals surface area contributed by atoms with Gasteiger partial charge in [-0.05, 0) is 87.0 Å². The van der Waals surface area contributed by atoms with Crippen LogP contribution in [-0.2, 0) is 13.2 Å². The minimum Gasteiger partial charge on any atom is -0.493 e. The summed E-state index contributed by atoms with van der Waals surface area (Å²) in [6, 6.07) is 26.9. The standard InChI is InChI=1S/C35H35N3O6/c1-23-7-6-8-26(17-23)21-43-34-32(40-4)18-27(19-33(34)41-5)20-36-37-35(39)31-16-15-30(44-31)22-42-29-13-11-28(12-14-29)38-24(2)9-10-25(38)3/h6-20H,21-22H2,1-5H3,(H,37,39)/b36-20+. The van der Waals surface area contributed by atoms with Gasteiger partial charge < -0.3 is 27.9 Å². The smallest absolute Gasteiger partial charge is 0.307 e. The molecule has 0 atom stereocenters. The number of carbonyl (C=O) groups is 1. The second-order valence-corrected chi connectivity index (χ2v) is 10.2. The number of aryl methyl sites for hydroxylation is 3. The number of furan rings is 1. The molecule has 0 spiro atoms. The van der Waals surface area contributed by atoms with Gasteiger partial charge in [-0.25, -0.2) is 5.43 Å². The molecule has 0 aliphatic heterocycles. The van der Waals surface area contributed by atoms with Crippen LogP contribution in [-0.4, -0.2) is 30.9 Å². The molecule has 0 unspecified atom stereocenters. The Labute approximate surface area is 256 Å². The maximum Gasteiger partial charge on any atom is 0.307 e. The van der Waals surface area contributed by atoms with E-state index < -0.39 is 5.91 Å². The zero-order valence-electron chi connectivity index (χ0n) is 25.4. The first-order chi connectivity index (χ1) is 21.3. The van der Waals surface area contributed by atoms with Crippen molar-refractivity contribution in [2.75, 3.05) is 14.2 Å². The predicted molar refractivity (Wildman–Crippen MR) is 168 cm³/mol. The number of aromatic nitrogens is 1. The van der Waals surface area contributed by atoms with Crippen LogP contribution in [0.1, 0.15) is 44.4 Å². The molecule has 1 amide bonds. The molecule has 0 bridgehead atoms. The van der Waals surface area contributed by atoms with Crippen LogP contribution in [0.2, 0.25) is 0 Å². The summed E-state index contributed by atoms with van der Waals surface area (Å²) in [7, 11) is 3.10. The van der Waals surface area contributed by atoms with Crippen molar-refractivity contribution in [1.82, 2.24) is 9.99 Å². The molecule has 0 saturated heterocycles. The largest absolute Gasteiger partial charge is 0.493 e. The molecule has 5 aromatic rings. The van der Waals surface area contributed by atoms with Crippen molar-refractivity contribution in [1.29, 1.82) is 0 Å². The third-order valence-electron chi connectivity index (χ3n) is 6.96. The second-order valence-electron chi connectivity index (χ2n) is 10.2. The van der Waals surface area contributed by atoms with Crippen molar-refractivity contribution >= 4 is 12.1 Å². The SMILES string of the molecule is COc1cc(/C=N/NC(=O)c2ccc(COc3ccc(-n4c(C)ccc4C)cc3)o2)cc(OC)c1OCc1cccc(C)c1. The van der Waals surface area contributed by atoms with E-state index in [1.807, 2.05) is 49.4 Å². The Morgan fingerprint density at radius 1 is 0.841 bits per heavy atom. The molecule has 0 fully saturated rings. The average Bonchev–Trinajstić information content (AvgIpc) is 3.65. The van der Waals surface area contributed by atoms with Crippen LogP contribution < -0.4 is 24.4 Å². The fourth-order valence-corrected chi connectivity index (χ4v) is 4.79. The Hall–Kier alpha value is -5.44. The van der Waals surface area contributed by atoms with E-state index in [1.54, 1.807) is 38.5 Å². The van der Waals surface area contributed by atoms with Gasteiger partial charge in [0.25, 0.3) is 0 Å². The van der Waals surface area contributed by atoms with Crippen molar-refractivity contribution in [2.45, 2.75) is 34.0 Å². The summed E-state index contributed by atoms with van der Waals surface area (Å²) in [5.74, 6) is 2.26. The van der Waals surface area contributed by atoms with E-state index in [2.05, 4.69) is 47.1 Å². The third kappa shape index (κ3) is 7.12. The molecule has 5 rings (SSSR count). The molecule has 0 saturated carbocycles. The maximum absolute atomic E-state index is 12.6. The van der Waals surface area contributed by atoms with Crippen LogP contribution in [0.4, 0.5) is 0 Å². The number of hydrazone groups is 1. The van der Waals surface area contributed by atoms with Crippen molar-refractivity contribution in [2.24, 2.45) is 5.10 Å². The summed E-state index contributed by atoms with van der Waals surface area (Å²) in [6.07, 6.45) is 1.49. The van der Waals surface area contributed by atoms with Gasteiger partial charge in [-0.3, -0.25) is 4.79 Å². The van der Waals surface area contributed by atoms with Gasteiger partial charge in [0.15, 0.2) is 17.3 Å². The highest BCUT2D eigenvalue weighted by atomic mass is 16.5. The second kappa shape index (κ2) is 13.7. The molecule has 0 radical (unpaired) electrons. The Bertz CT molecular complexity index is 1720. The van der Waals surface area contributed by atoms with E-state index in [0.717, 1.165) is 16.8 Å². The van der Waals surface area contributed by atoms with Gasteiger partial charge in [0.1, 0.15) is 24.7 Å². The first-order valence-corrected chi connectivity index (χ1v) is 14.1. The van der Waals surface area contributed by atoms with Crippen molar-refractivity contribution in [3.63, 3.8) is 0 Å². The van der Waals surface area contributed by atoms with Gasteiger partial charge in [-0.1, -0.05) is 29.8 Å². The van der Waals surface area contributed by atoms with Crippen LogP contribution >= 0.6 is 0 Å². The van der Waals surface area contributed by atoms with Crippen LogP contribution in [0.15, 0.2) is 94.4 Å². The monoisotopic (exact) mass is 593 g/mol. The van der Waals surface area contributed by atoms with E-state index in [-0.39, 0.29) is 12.4 Å². The van der Waals surface area contributed by atoms with Gasteiger partial charge in [0.05, 0.1) is 20.4 Å². The fraction of sp³-hybridized carbons (Fsp3) is 0.200. The lowest BCUT2D eigenvalue weighted by molar-refractivity contribution is 0.0923. The van der Waals surface area contributed by atoms with Gasteiger partial charge in [0, 0.05) is 22.6 Å². The van der Waals surface area contributed by atoms with E-state index in [1.165, 1.54) is 17.6 Å². The molecule has 2 heterocycles. The highest BCUT2D eigenvalue weighted by Gasteiger charge is 2.15. The molecule has 0 aliphatic rings. The van der Waals surface area contributed by atoms with Gasteiger partial charge in [-0.2, -0.15) is 5.10 Å². The number of methoxy groups -OCH3 is 2. The summed E-state index contributed by atoms with van der Waals surface area (Å²) in [5.41, 5.74) is 8.70. The van der Waals surface area contributed by atoms with Gasteiger partial charge >= 0.3 is 5.91 Å². The number of nitrogens with one attached hydrogen (secondary N) is 1. The van der Waals surface area contributed by atoms with E-state index in [4.69, 9.17) is 23.4 Å². The highest BCUT2D eigenvalue weighted by Crippen LogP contribution is 2.38. The van der Waals surface area contributed by atoms with Crippen LogP contribution in [0.25, 0.3) is 5.69 Å². The summed E-state index contributed by atoms with van der Waals surface area (Å²) in [4.78, 5) is 12.6. The zero-order chi connectivity index (χ0) is 31.1. The minimum absolute atomic E-state index is 0.115. The normalized spacial score (nSPS) is 11.0. The van der Waals surface area contributed by atoms with Crippen molar-refractivity contribution in [3.8, 4) is 28.7 Å². The van der Waals surface area contributed by atoms with Crippen molar-refractivity contribution < 1.29 is 28.2 Å². The zero-order valence-corrected chi connectivity index (χ0v) is 25.4. The number of rotatable bonds is 12. The highest BCUT2D eigenvalue weighted by molar-refractivity contribution is 5.92. The number of ether oxygens (including phenoxy) is 4. The summed E-state index contributed by atoms with van der Waals surface area (Å²) in [6.45, 7) is 6.71. The molecule has 1 N–H and O–H groups in total. The van der Waals surface area contributed by atoms with Crippen LogP contribution in [0, 0.1) is 20.8 Å². The summed E-state index contributed by atoms with van der Waals surface area (Å²) >= 11 is 0. The van der Waals surface area contributed by atoms with E-state index in [9.17, 15) is 4.79 Å². The molecule has 226 valence electrons. The van der Waals surface area contributed by atoms with E-state index >= 15 is 0 Å². The number of nitrogens with zero attached hydrogens (tertiary/aromatic N) is 2. The minimum atomic E-state index is -0.494. The van der Waals surface area contributed by atoms with Gasteiger partial charge in [0.2, 0.25) is 5.75 Å². The Balaban J connectivity index is 1.16. The maximum atomic E-state index is 12.6. The third-order valence-corrected chi connectivity index (χ3v) is 6.96. The molecular formula is C35H35N3O6. The number of carbonyl (C=O) groups excluding carboxylic acids is 1. The Morgan fingerprint density at radius 3 is 2.20 bits per heavy atom. The van der Waals surface area contributed by atoms with Crippen molar-refractivity contribution in [3.05, 3.63) is 125 Å². The number of hydrogen-bond acceptors (Lipinski definition) is 7. The van der Waals surface area contributed by atoms with Gasteiger partial charge in [-0.15, -0.1) is 0 Å². The predicted octanol–water partition coefficient (Wildman–Crippen LogP) is 6.93. The Kier molecular flexibility index (Phi) is 9.34. The average molecular weight is 594 g/mol. The number of hydrogen-bond donors (Lipinski definition) is 1. The Morgan fingerprint density at radius 2 is 1.55 bits per heavy atom. The lowest BCUT2D eigenvalue weighted by Gasteiger charge is -2.15. The van der Waals surface area contributed by atoms with Crippen LogP contribution in [0.5, 0.6) is 23.0 Å². The molecular weight excluding hydrogens is 558 g/mol.